The fraction of sp³-hybridized carbons (Fsp3) is 0.941. The SMILES string of the molecule is COCCC[C@@]1(CO)CCCN(C(=O)CC2CCCC2)C1. The first-order valence-corrected chi connectivity index (χ1v) is 8.57. The predicted molar refractivity (Wildman–Crippen MR) is 83.0 cm³/mol. The first-order valence-electron chi connectivity index (χ1n) is 8.57. The highest BCUT2D eigenvalue weighted by Gasteiger charge is 2.36. The van der Waals surface area contributed by atoms with Gasteiger partial charge in [-0.25, -0.2) is 0 Å². The number of nitrogens with zero attached hydrogens (tertiary/aromatic N) is 1. The molecule has 1 N–H and O–H groups in total. The molecule has 1 amide bonds. The summed E-state index contributed by atoms with van der Waals surface area (Å²) in [5.74, 6) is 0.919. The third-order valence-corrected chi connectivity index (χ3v) is 5.34. The lowest BCUT2D eigenvalue weighted by Crippen LogP contribution is -2.48. The first kappa shape index (κ1) is 16.8. The van der Waals surface area contributed by atoms with Crippen LogP contribution in [0.15, 0.2) is 0 Å². The molecule has 1 heterocycles. The minimum atomic E-state index is -0.0951. The zero-order chi connectivity index (χ0) is 15.1. The number of rotatable bonds is 7. The summed E-state index contributed by atoms with van der Waals surface area (Å²) in [4.78, 5) is 14.5. The quantitative estimate of drug-likeness (QED) is 0.735. The van der Waals surface area contributed by atoms with Crippen LogP contribution < -0.4 is 0 Å². The van der Waals surface area contributed by atoms with E-state index in [1.165, 1.54) is 25.7 Å². The Morgan fingerprint density at radius 1 is 1.33 bits per heavy atom. The van der Waals surface area contributed by atoms with E-state index in [-0.39, 0.29) is 12.0 Å². The molecule has 1 atom stereocenters. The Kier molecular flexibility index (Phi) is 6.49. The number of likely N-dealkylation sites (tertiary alicyclic amines) is 1. The van der Waals surface area contributed by atoms with E-state index in [0.717, 1.165) is 51.8 Å². The summed E-state index contributed by atoms with van der Waals surface area (Å²) in [5.41, 5.74) is -0.0951. The van der Waals surface area contributed by atoms with Crippen LogP contribution in [-0.4, -0.2) is 49.3 Å². The summed E-state index contributed by atoms with van der Waals surface area (Å²) in [6.07, 6.45) is 9.69. The van der Waals surface area contributed by atoms with Gasteiger partial charge in [-0.05, 0) is 44.4 Å². The largest absolute Gasteiger partial charge is 0.396 e. The molecule has 0 unspecified atom stereocenters. The van der Waals surface area contributed by atoms with Crippen LogP contribution in [0, 0.1) is 11.3 Å². The van der Waals surface area contributed by atoms with Crippen LogP contribution in [-0.2, 0) is 9.53 Å². The highest BCUT2D eigenvalue weighted by atomic mass is 16.5. The number of hydrogen-bond acceptors (Lipinski definition) is 3. The van der Waals surface area contributed by atoms with E-state index in [9.17, 15) is 9.90 Å². The number of aliphatic hydroxyl groups is 1. The van der Waals surface area contributed by atoms with Crippen LogP contribution >= 0.6 is 0 Å². The minimum absolute atomic E-state index is 0.0951. The second-order valence-corrected chi connectivity index (χ2v) is 7.03. The second kappa shape index (κ2) is 8.14. The third kappa shape index (κ3) is 4.68. The molecule has 0 aromatic rings. The monoisotopic (exact) mass is 297 g/mol. The second-order valence-electron chi connectivity index (χ2n) is 7.03. The van der Waals surface area contributed by atoms with E-state index in [2.05, 4.69) is 0 Å². The number of ether oxygens (including phenoxy) is 1. The van der Waals surface area contributed by atoms with Crippen LogP contribution in [0.5, 0.6) is 0 Å². The summed E-state index contributed by atoms with van der Waals surface area (Å²) in [5, 5.41) is 9.85. The lowest BCUT2D eigenvalue weighted by Gasteiger charge is -2.42. The van der Waals surface area contributed by atoms with Gasteiger partial charge in [0.2, 0.25) is 5.91 Å². The molecule has 0 spiro atoms. The number of piperidine rings is 1. The Bertz CT molecular complexity index is 328. The highest BCUT2D eigenvalue weighted by Crippen LogP contribution is 2.35. The summed E-state index contributed by atoms with van der Waals surface area (Å²) in [6, 6.07) is 0. The molecular weight excluding hydrogens is 266 g/mol. The van der Waals surface area contributed by atoms with Gasteiger partial charge in [-0.2, -0.15) is 0 Å². The first-order chi connectivity index (χ1) is 10.2. The van der Waals surface area contributed by atoms with E-state index in [0.29, 0.717) is 11.8 Å². The van der Waals surface area contributed by atoms with Gasteiger partial charge in [0.15, 0.2) is 0 Å². The van der Waals surface area contributed by atoms with Crippen molar-refractivity contribution >= 4 is 5.91 Å². The molecule has 1 saturated heterocycles. The Balaban J connectivity index is 1.86. The number of amides is 1. The zero-order valence-electron chi connectivity index (χ0n) is 13.5. The van der Waals surface area contributed by atoms with Crippen molar-refractivity contribution in [2.24, 2.45) is 11.3 Å². The van der Waals surface area contributed by atoms with Gasteiger partial charge >= 0.3 is 0 Å². The van der Waals surface area contributed by atoms with E-state index in [4.69, 9.17) is 4.74 Å². The Hall–Kier alpha value is -0.610. The topological polar surface area (TPSA) is 49.8 Å². The molecule has 1 saturated carbocycles. The van der Waals surface area contributed by atoms with Crippen LogP contribution in [0.25, 0.3) is 0 Å². The summed E-state index contributed by atoms with van der Waals surface area (Å²) < 4.78 is 5.12. The van der Waals surface area contributed by atoms with Crippen LogP contribution in [0.3, 0.4) is 0 Å². The van der Waals surface area contributed by atoms with E-state index in [1.807, 2.05) is 4.90 Å². The maximum Gasteiger partial charge on any atom is 0.222 e. The normalized spacial score (nSPS) is 27.2. The van der Waals surface area contributed by atoms with E-state index < -0.39 is 0 Å². The molecule has 0 aromatic heterocycles. The molecule has 2 aliphatic rings. The molecule has 122 valence electrons. The third-order valence-electron chi connectivity index (χ3n) is 5.34. The van der Waals surface area contributed by atoms with Crippen LogP contribution in [0.4, 0.5) is 0 Å². The number of methoxy groups -OCH3 is 1. The van der Waals surface area contributed by atoms with Crippen molar-refractivity contribution in [2.45, 2.75) is 57.8 Å². The molecule has 2 fully saturated rings. The average Bonchev–Trinajstić information content (AvgIpc) is 3.01. The fourth-order valence-electron chi connectivity index (χ4n) is 4.01. The van der Waals surface area contributed by atoms with Gasteiger partial charge in [0.25, 0.3) is 0 Å². The number of carbonyl (C=O) groups is 1. The lowest BCUT2D eigenvalue weighted by atomic mass is 9.76. The Morgan fingerprint density at radius 2 is 2.10 bits per heavy atom. The van der Waals surface area contributed by atoms with Gasteiger partial charge in [-0.15, -0.1) is 0 Å². The molecule has 1 aliphatic carbocycles. The van der Waals surface area contributed by atoms with Crippen LogP contribution in [0.2, 0.25) is 0 Å². The summed E-state index contributed by atoms with van der Waals surface area (Å²) in [7, 11) is 1.71. The molecule has 4 heteroatoms. The molecule has 2 rings (SSSR count). The number of hydrogen-bond donors (Lipinski definition) is 1. The summed E-state index contributed by atoms with van der Waals surface area (Å²) >= 11 is 0. The average molecular weight is 297 g/mol. The van der Waals surface area contributed by atoms with Gasteiger partial charge in [0, 0.05) is 38.6 Å². The summed E-state index contributed by atoms with van der Waals surface area (Å²) in [6.45, 7) is 2.53. The van der Waals surface area contributed by atoms with Gasteiger partial charge in [-0.3, -0.25) is 4.79 Å². The van der Waals surface area contributed by atoms with Crippen molar-refractivity contribution in [3.05, 3.63) is 0 Å². The van der Waals surface area contributed by atoms with Crippen molar-refractivity contribution in [3.63, 3.8) is 0 Å². The minimum Gasteiger partial charge on any atom is -0.396 e. The Morgan fingerprint density at radius 3 is 2.76 bits per heavy atom. The maximum absolute atomic E-state index is 12.5. The maximum atomic E-state index is 12.5. The van der Waals surface area contributed by atoms with Crippen molar-refractivity contribution < 1.29 is 14.6 Å². The number of carbonyl (C=O) groups excluding carboxylic acids is 1. The lowest BCUT2D eigenvalue weighted by molar-refractivity contribution is -0.136. The van der Waals surface area contributed by atoms with E-state index >= 15 is 0 Å². The fourth-order valence-corrected chi connectivity index (χ4v) is 4.01. The van der Waals surface area contributed by atoms with Crippen molar-refractivity contribution in [3.8, 4) is 0 Å². The predicted octanol–water partition coefficient (Wildman–Crippen LogP) is 2.59. The molecule has 21 heavy (non-hydrogen) atoms. The smallest absolute Gasteiger partial charge is 0.222 e. The van der Waals surface area contributed by atoms with Gasteiger partial charge < -0.3 is 14.7 Å². The van der Waals surface area contributed by atoms with Crippen molar-refractivity contribution in [1.82, 2.24) is 4.90 Å². The molecular formula is C17H31NO3. The van der Waals surface area contributed by atoms with Crippen LogP contribution in [0.1, 0.15) is 57.8 Å². The van der Waals surface area contributed by atoms with Gasteiger partial charge in [-0.1, -0.05) is 12.8 Å². The van der Waals surface area contributed by atoms with Crippen molar-refractivity contribution in [2.75, 3.05) is 33.4 Å². The molecule has 4 nitrogen and oxygen atoms in total. The van der Waals surface area contributed by atoms with Gasteiger partial charge in [0.05, 0.1) is 6.61 Å². The molecule has 0 bridgehead atoms. The highest BCUT2D eigenvalue weighted by molar-refractivity contribution is 5.76. The molecule has 0 aromatic carbocycles. The van der Waals surface area contributed by atoms with Gasteiger partial charge in [0.1, 0.15) is 0 Å². The molecule has 0 radical (unpaired) electrons. The van der Waals surface area contributed by atoms with E-state index in [1.54, 1.807) is 7.11 Å². The molecule has 1 aliphatic heterocycles. The Labute approximate surface area is 128 Å². The zero-order valence-corrected chi connectivity index (χ0v) is 13.5. The standard InChI is InChI=1S/C17H31NO3/c1-21-11-5-9-17(14-19)8-4-10-18(13-17)16(20)12-15-6-2-3-7-15/h15,19H,2-14H2,1H3/t17-/m0/s1. The number of aliphatic hydroxyl groups excluding tert-OH is 1. The van der Waals surface area contributed by atoms with Crippen molar-refractivity contribution in [1.29, 1.82) is 0 Å².